The van der Waals surface area contributed by atoms with Crippen LogP contribution in [0.25, 0.3) is 0 Å². The fourth-order valence-corrected chi connectivity index (χ4v) is 2.33. The number of primary amides is 1. The third kappa shape index (κ3) is 3.20. The van der Waals surface area contributed by atoms with Crippen LogP contribution >= 0.6 is 0 Å². The summed E-state index contributed by atoms with van der Waals surface area (Å²) in [4.78, 5) is 20.1. The van der Waals surface area contributed by atoms with Gasteiger partial charge in [-0.05, 0) is 19.4 Å². The van der Waals surface area contributed by atoms with Crippen LogP contribution in [-0.2, 0) is 12.8 Å². The highest BCUT2D eigenvalue weighted by Crippen LogP contribution is 2.15. The molecule has 0 saturated carbocycles. The number of hydrogen-bond donors (Lipinski definition) is 1. The first-order valence-corrected chi connectivity index (χ1v) is 6.71. The maximum atomic E-state index is 11.5. The van der Waals surface area contributed by atoms with Crippen LogP contribution in [0.15, 0.2) is 24.4 Å². The largest absolute Gasteiger partial charge is 0.365 e. The predicted octanol–water partition coefficient (Wildman–Crippen LogP) is 2.35. The smallest absolute Gasteiger partial charge is 0.252 e. The number of benzene rings is 1. The molecule has 1 aromatic heterocycles. The molecule has 0 radical (unpaired) electrons. The second-order valence-electron chi connectivity index (χ2n) is 5.04. The molecule has 2 N–H and O–H groups in total. The Hall–Kier alpha value is -2.23. The van der Waals surface area contributed by atoms with Crippen LogP contribution in [0.1, 0.15) is 45.5 Å². The van der Waals surface area contributed by atoms with Crippen LogP contribution in [0.5, 0.6) is 0 Å². The van der Waals surface area contributed by atoms with Crippen molar-refractivity contribution < 1.29 is 4.79 Å². The summed E-state index contributed by atoms with van der Waals surface area (Å²) in [5, 5.41) is 0. The van der Waals surface area contributed by atoms with E-state index >= 15 is 0 Å². The Labute approximate surface area is 119 Å². The highest BCUT2D eigenvalue weighted by molar-refractivity contribution is 5.93. The van der Waals surface area contributed by atoms with Gasteiger partial charge in [0.15, 0.2) is 0 Å². The van der Waals surface area contributed by atoms with Crippen LogP contribution in [0.3, 0.4) is 0 Å². The lowest BCUT2D eigenvalue weighted by atomic mass is 10.0. The Morgan fingerprint density at radius 1 is 1.20 bits per heavy atom. The quantitative estimate of drug-likeness (QED) is 0.926. The number of rotatable bonds is 4. The number of amides is 1. The number of nitrogens with zero attached hydrogens (tertiary/aromatic N) is 2. The normalized spacial score (nSPS) is 10.6. The summed E-state index contributed by atoms with van der Waals surface area (Å²) >= 11 is 0. The molecule has 0 spiro atoms. The summed E-state index contributed by atoms with van der Waals surface area (Å²) in [7, 11) is 0. The maximum absolute atomic E-state index is 11.5. The summed E-state index contributed by atoms with van der Waals surface area (Å²) in [5.41, 5.74) is 10.0. The molecule has 0 aliphatic rings. The number of hydrogen-bond acceptors (Lipinski definition) is 3. The number of carbonyl (C=O) groups excluding carboxylic acids is 1. The van der Waals surface area contributed by atoms with Gasteiger partial charge in [-0.3, -0.25) is 4.79 Å². The molecule has 1 amide bonds. The van der Waals surface area contributed by atoms with Crippen molar-refractivity contribution in [1.29, 1.82) is 0 Å². The van der Waals surface area contributed by atoms with Crippen molar-refractivity contribution in [2.75, 3.05) is 0 Å². The van der Waals surface area contributed by atoms with Crippen LogP contribution < -0.4 is 5.73 Å². The molecule has 104 valence electrons. The first-order valence-electron chi connectivity index (χ1n) is 6.71. The van der Waals surface area contributed by atoms with E-state index in [4.69, 9.17) is 5.73 Å². The van der Waals surface area contributed by atoms with Gasteiger partial charge in [0.2, 0.25) is 0 Å². The molecule has 1 aromatic carbocycles. The molecule has 4 nitrogen and oxygen atoms in total. The van der Waals surface area contributed by atoms with Crippen molar-refractivity contribution in [2.24, 2.45) is 5.73 Å². The van der Waals surface area contributed by atoms with Crippen molar-refractivity contribution in [1.82, 2.24) is 9.97 Å². The summed E-state index contributed by atoms with van der Waals surface area (Å²) in [5.74, 6) is 0.251. The Morgan fingerprint density at radius 2 is 1.85 bits per heavy atom. The summed E-state index contributed by atoms with van der Waals surface area (Å²) in [6.07, 6.45) is 2.86. The number of aryl methyl sites for hydroxylation is 3. The molecular weight excluding hydrogens is 250 g/mol. The minimum atomic E-state index is -0.480. The van der Waals surface area contributed by atoms with Gasteiger partial charge in [-0.25, -0.2) is 9.97 Å². The van der Waals surface area contributed by atoms with E-state index in [-0.39, 0.29) is 0 Å². The Balaban J connectivity index is 2.42. The van der Waals surface area contributed by atoms with E-state index < -0.39 is 5.91 Å². The lowest BCUT2D eigenvalue weighted by Crippen LogP contribution is -2.17. The molecule has 20 heavy (non-hydrogen) atoms. The first kappa shape index (κ1) is 14.2. The van der Waals surface area contributed by atoms with Crippen LogP contribution in [0.4, 0.5) is 0 Å². The highest BCUT2D eigenvalue weighted by Gasteiger charge is 2.12. The third-order valence-electron chi connectivity index (χ3n) is 3.15. The van der Waals surface area contributed by atoms with Crippen molar-refractivity contribution >= 4 is 5.91 Å². The molecular formula is C16H19N3O. The standard InChI is InChI=1S/C16H19N3O/c1-4-15-18-9-13(16(17)20)14(19-15)8-12-6-10(2)5-11(3)7-12/h5-7,9H,4,8H2,1-3H3,(H2,17,20). The Kier molecular flexibility index (Phi) is 4.13. The van der Waals surface area contributed by atoms with Crippen molar-refractivity contribution in [3.63, 3.8) is 0 Å². The van der Waals surface area contributed by atoms with Crippen LogP contribution in [0, 0.1) is 13.8 Å². The molecule has 2 aromatic rings. The Morgan fingerprint density at radius 3 is 2.40 bits per heavy atom. The van der Waals surface area contributed by atoms with Gasteiger partial charge in [-0.15, -0.1) is 0 Å². The molecule has 1 heterocycles. The van der Waals surface area contributed by atoms with Crippen molar-refractivity contribution in [2.45, 2.75) is 33.6 Å². The molecule has 4 heteroatoms. The molecule has 0 fully saturated rings. The molecule has 2 rings (SSSR count). The summed E-state index contributed by atoms with van der Waals surface area (Å²) in [6.45, 7) is 6.10. The zero-order valence-corrected chi connectivity index (χ0v) is 12.1. The minimum Gasteiger partial charge on any atom is -0.365 e. The van der Waals surface area contributed by atoms with E-state index in [0.717, 1.165) is 17.8 Å². The maximum Gasteiger partial charge on any atom is 0.252 e. The average Bonchev–Trinajstić information content (AvgIpc) is 2.37. The highest BCUT2D eigenvalue weighted by atomic mass is 16.1. The molecule has 0 aliphatic heterocycles. The second-order valence-corrected chi connectivity index (χ2v) is 5.04. The van der Waals surface area contributed by atoms with Gasteiger partial charge in [0.1, 0.15) is 5.82 Å². The third-order valence-corrected chi connectivity index (χ3v) is 3.15. The van der Waals surface area contributed by atoms with E-state index in [9.17, 15) is 4.79 Å². The number of aromatic nitrogens is 2. The van der Waals surface area contributed by atoms with E-state index in [1.165, 1.54) is 17.3 Å². The SMILES string of the molecule is CCc1ncc(C(N)=O)c(Cc2cc(C)cc(C)c2)n1. The average molecular weight is 269 g/mol. The van der Waals surface area contributed by atoms with E-state index in [1.54, 1.807) is 0 Å². The molecule has 0 saturated heterocycles. The fourth-order valence-electron chi connectivity index (χ4n) is 2.33. The first-order chi connectivity index (χ1) is 9.49. The Bertz CT molecular complexity index is 630. The topological polar surface area (TPSA) is 68.9 Å². The van der Waals surface area contributed by atoms with Gasteiger partial charge < -0.3 is 5.73 Å². The monoisotopic (exact) mass is 269 g/mol. The van der Waals surface area contributed by atoms with Gasteiger partial charge in [0, 0.05) is 19.0 Å². The summed E-state index contributed by atoms with van der Waals surface area (Å²) < 4.78 is 0. The lowest BCUT2D eigenvalue weighted by Gasteiger charge is -2.09. The molecule has 0 atom stereocenters. The minimum absolute atomic E-state index is 0.404. The molecule has 0 aliphatic carbocycles. The van der Waals surface area contributed by atoms with E-state index in [0.29, 0.717) is 17.7 Å². The molecule has 0 unspecified atom stereocenters. The van der Waals surface area contributed by atoms with Gasteiger partial charge in [-0.1, -0.05) is 36.2 Å². The number of nitrogens with two attached hydrogens (primary N) is 1. The van der Waals surface area contributed by atoms with Crippen molar-refractivity contribution in [3.05, 3.63) is 58.2 Å². The van der Waals surface area contributed by atoms with Gasteiger partial charge in [0.05, 0.1) is 11.3 Å². The van der Waals surface area contributed by atoms with Gasteiger partial charge in [-0.2, -0.15) is 0 Å². The zero-order valence-electron chi connectivity index (χ0n) is 12.1. The lowest BCUT2D eigenvalue weighted by molar-refractivity contribution is 0.0998. The second kappa shape index (κ2) is 5.82. The van der Waals surface area contributed by atoms with Crippen molar-refractivity contribution in [3.8, 4) is 0 Å². The number of carbonyl (C=O) groups is 1. The fraction of sp³-hybridized carbons (Fsp3) is 0.312. The summed E-state index contributed by atoms with van der Waals surface area (Å²) in [6, 6.07) is 6.33. The van der Waals surface area contributed by atoms with E-state index in [2.05, 4.69) is 42.0 Å². The predicted molar refractivity (Wildman–Crippen MR) is 78.6 cm³/mol. The van der Waals surface area contributed by atoms with E-state index in [1.807, 2.05) is 6.92 Å². The van der Waals surface area contributed by atoms with Gasteiger partial charge in [0.25, 0.3) is 5.91 Å². The zero-order chi connectivity index (χ0) is 14.7. The van der Waals surface area contributed by atoms with Gasteiger partial charge >= 0.3 is 0 Å². The van der Waals surface area contributed by atoms with Crippen LogP contribution in [-0.4, -0.2) is 15.9 Å². The molecule has 0 bridgehead atoms. The van der Waals surface area contributed by atoms with Crippen LogP contribution in [0.2, 0.25) is 0 Å².